The number of amides is 1. The third-order valence-corrected chi connectivity index (χ3v) is 4.80. The van der Waals surface area contributed by atoms with Crippen molar-refractivity contribution in [2.75, 3.05) is 5.32 Å². The fourth-order valence-electron chi connectivity index (χ4n) is 2.73. The Kier molecular flexibility index (Phi) is 3.31. The van der Waals surface area contributed by atoms with Gasteiger partial charge in [-0.25, -0.2) is 14.5 Å². The van der Waals surface area contributed by atoms with Crippen molar-refractivity contribution in [3.8, 4) is 0 Å². The summed E-state index contributed by atoms with van der Waals surface area (Å²) in [5.74, 6) is -0.251. The molecule has 0 bridgehead atoms. The van der Waals surface area contributed by atoms with Gasteiger partial charge < -0.3 is 0 Å². The normalized spacial score (nSPS) is 11.3. The first-order valence-corrected chi connectivity index (χ1v) is 8.34. The van der Waals surface area contributed by atoms with Crippen molar-refractivity contribution in [2.24, 2.45) is 0 Å². The number of rotatable bonds is 2. The molecule has 0 saturated carbocycles. The van der Waals surface area contributed by atoms with Crippen LogP contribution in [-0.2, 0) is 0 Å². The quantitative estimate of drug-likeness (QED) is 0.607. The molecule has 3 heterocycles. The Morgan fingerprint density at radius 1 is 1.21 bits per heavy atom. The van der Waals surface area contributed by atoms with Crippen LogP contribution in [0.5, 0.6) is 0 Å². The first-order valence-electron chi connectivity index (χ1n) is 7.52. The highest BCUT2D eigenvalue weighted by Gasteiger charge is 2.17. The van der Waals surface area contributed by atoms with Gasteiger partial charge in [-0.15, -0.1) is 0 Å². The lowest BCUT2D eigenvalue weighted by atomic mass is 10.2. The number of fused-ring (bicyclic) bond motifs is 2. The van der Waals surface area contributed by atoms with Gasteiger partial charge in [-0.05, 0) is 38.5 Å². The minimum absolute atomic E-state index is 0.251. The van der Waals surface area contributed by atoms with Crippen molar-refractivity contribution in [3.05, 3.63) is 53.0 Å². The highest BCUT2D eigenvalue weighted by atomic mass is 32.1. The van der Waals surface area contributed by atoms with Gasteiger partial charge in [0, 0.05) is 11.4 Å². The van der Waals surface area contributed by atoms with Gasteiger partial charge in [0.2, 0.25) is 0 Å². The molecule has 0 aliphatic rings. The second-order valence-corrected chi connectivity index (χ2v) is 6.76. The smallest absolute Gasteiger partial charge is 0.262 e. The van der Waals surface area contributed by atoms with E-state index in [-0.39, 0.29) is 5.91 Å². The van der Waals surface area contributed by atoms with Crippen LogP contribution in [-0.4, -0.2) is 25.5 Å². The predicted molar refractivity (Wildman–Crippen MR) is 94.8 cm³/mol. The summed E-state index contributed by atoms with van der Waals surface area (Å²) in [6.45, 7) is 5.85. The van der Waals surface area contributed by atoms with Crippen LogP contribution in [0.4, 0.5) is 5.13 Å². The number of nitrogens with one attached hydrogen (secondary N) is 1. The molecule has 0 aliphatic heterocycles. The molecule has 1 N–H and O–H groups in total. The van der Waals surface area contributed by atoms with Crippen LogP contribution < -0.4 is 5.32 Å². The zero-order valence-electron chi connectivity index (χ0n) is 13.5. The number of hydrogen-bond acceptors (Lipinski definition) is 5. The number of aromatic nitrogens is 4. The van der Waals surface area contributed by atoms with Crippen LogP contribution in [0.15, 0.2) is 30.5 Å². The molecule has 3 aromatic heterocycles. The summed E-state index contributed by atoms with van der Waals surface area (Å²) in [7, 11) is 0. The molecule has 0 atom stereocenters. The van der Waals surface area contributed by atoms with Crippen LogP contribution in [0.1, 0.15) is 27.3 Å². The number of para-hydroxylation sites is 1. The molecule has 0 spiro atoms. The predicted octanol–water partition coefficient (Wildman–Crippen LogP) is 3.52. The number of nitrogens with zero attached hydrogens (tertiary/aromatic N) is 4. The topological polar surface area (TPSA) is 72.2 Å². The second kappa shape index (κ2) is 5.38. The van der Waals surface area contributed by atoms with Gasteiger partial charge in [0.05, 0.1) is 16.4 Å². The standard InChI is InChI=1S/C17H15N5OS/c1-9-5-4-6-13-14(9)20-17(24-13)21-16(23)12-8-18-22-11(3)7-10(2)19-15(12)22/h4-8H,1-3H3,(H,20,21,23). The number of carbonyl (C=O) groups is 1. The lowest BCUT2D eigenvalue weighted by molar-refractivity contribution is 0.102. The molecule has 6 nitrogen and oxygen atoms in total. The monoisotopic (exact) mass is 337 g/mol. The van der Waals surface area contributed by atoms with Crippen molar-refractivity contribution in [1.29, 1.82) is 0 Å². The molecule has 0 saturated heterocycles. The zero-order chi connectivity index (χ0) is 16.8. The van der Waals surface area contributed by atoms with Crippen LogP contribution in [0, 0.1) is 20.8 Å². The Hall–Kier alpha value is -2.80. The number of thiazole rings is 1. The average Bonchev–Trinajstić information content (AvgIpc) is 3.11. The van der Waals surface area contributed by atoms with E-state index >= 15 is 0 Å². The van der Waals surface area contributed by atoms with E-state index in [1.165, 1.54) is 11.3 Å². The summed E-state index contributed by atoms with van der Waals surface area (Å²) in [6.07, 6.45) is 1.54. The molecule has 1 aromatic carbocycles. The SMILES string of the molecule is Cc1cc(C)n2ncc(C(=O)Nc3nc4c(C)cccc4s3)c2n1. The van der Waals surface area contributed by atoms with Gasteiger partial charge in [-0.2, -0.15) is 5.10 Å². The highest BCUT2D eigenvalue weighted by Crippen LogP contribution is 2.28. The Bertz CT molecular complexity index is 1100. The minimum atomic E-state index is -0.251. The van der Waals surface area contributed by atoms with Crippen molar-refractivity contribution in [3.63, 3.8) is 0 Å². The summed E-state index contributed by atoms with van der Waals surface area (Å²) in [5.41, 5.74) is 4.80. The molecule has 0 fully saturated rings. The van der Waals surface area contributed by atoms with E-state index in [2.05, 4.69) is 20.4 Å². The Labute approximate surface area is 142 Å². The highest BCUT2D eigenvalue weighted by molar-refractivity contribution is 7.22. The average molecular weight is 337 g/mol. The molecule has 120 valence electrons. The molecule has 0 radical (unpaired) electrons. The van der Waals surface area contributed by atoms with Gasteiger partial charge in [-0.1, -0.05) is 23.5 Å². The first-order chi connectivity index (χ1) is 11.5. The minimum Gasteiger partial charge on any atom is -0.298 e. The van der Waals surface area contributed by atoms with E-state index in [0.29, 0.717) is 16.3 Å². The second-order valence-electron chi connectivity index (χ2n) is 5.73. The Balaban J connectivity index is 1.72. The third-order valence-electron chi connectivity index (χ3n) is 3.86. The lowest BCUT2D eigenvalue weighted by Crippen LogP contribution is -2.12. The molecule has 7 heteroatoms. The van der Waals surface area contributed by atoms with Crippen molar-refractivity contribution >= 4 is 38.2 Å². The van der Waals surface area contributed by atoms with Crippen molar-refractivity contribution in [1.82, 2.24) is 19.6 Å². The number of aryl methyl sites for hydroxylation is 3. The van der Waals surface area contributed by atoms with E-state index in [0.717, 1.165) is 27.2 Å². The Morgan fingerprint density at radius 2 is 2.04 bits per heavy atom. The molecule has 4 rings (SSSR count). The number of carbonyl (C=O) groups excluding carboxylic acids is 1. The van der Waals surface area contributed by atoms with Gasteiger partial charge in [0.1, 0.15) is 5.56 Å². The summed E-state index contributed by atoms with van der Waals surface area (Å²) < 4.78 is 2.72. The maximum atomic E-state index is 12.6. The fourth-order valence-corrected chi connectivity index (χ4v) is 3.67. The van der Waals surface area contributed by atoms with E-state index in [4.69, 9.17) is 0 Å². The van der Waals surface area contributed by atoms with Crippen molar-refractivity contribution in [2.45, 2.75) is 20.8 Å². The Morgan fingerprint density at radius 3 is 2.83 bits per heavy atom. The molecule has 24 heavy (non-hydrogen) atoms. The van der Waals surface area contributed by atoms with E-state index in [1.54, 1.807) is 10.7 Å². The van der Waals surface area contributed by atoms with Crippen molar-refractivity contribution < 1.29 is 4.79 Å². The largest absolute Gasteiger partial charge is 0.298 e. The maximum Gasteiger partial charge on any atom is 0.262 e. The number of anilines is 1. The number of hydrogen-bond donors (Lipinski definition) is 1. The third kappa shape index (κ3) is 2.33. The summed E-state index contributed by atoms with van der Waals surface area (Å²) >= 11 is 1.46. The summed E-state index contributed by atoms with van der Waals surface area (Å²) in [6, 6.07) is 7.92. The molecular weight excluding hydrogens is 322 g/mol. The van der Waals surface area contributed by atoms with Gasteiger partial charge >= 0.3 is 0 Å². The van der Waals surface area contributed by atoms with Crippen LogP contribution in [0.25, 0.3) is 15.9 Å². The number of benzene rings is 1. The molecule has 4 aromatic rings. The van der Waals surface area contributed by atoms with E-state index in [9.17, 15) is 4.79 Å². The van der Waals surface area contributed by atoms with Gasteiger partial charge in [-0.3, -0.25) is 10.1 Å². The fraction of sp³-hybridized carbons (Fsp3) is 0.176. The summed E-state index contributed by atoms with van der Waals surface area (Å²) in [4.78, 5) is 21.6. The first kappa shape index (κ1) is 14.8. The van der Waals surface area contributed by atoms with Gasteiger partial charge in [0.25, 0.3) is 5.91 Å². The van der Waals surface area contributed by atoms with E-state index in [1.807, 2.05) is 45.0 Å². The lowest BCUT2D eigenvalue weighted by Gasteiger charge is -2.02. The van der Waals surface area contributed by atoms with E-state index < -0.39 is 0 Å². The molecular formula is C17H15N5OS. The molecule has 0 aliphatic carbocycles. The molecule has 0 unspecified atom stereocenters. The zero-order valence-corrected chi connectivity index (χ0v) is 14.3. The van der Waals surface area contributed by atoms with Gasteiger partial charge in [0.15, 0.2) is 10.8 Å². The summed E-state index contributed by atoms with van der Waals surface area (Å²) in [5, 5.41) is 7.70. The van der Waals surface area contributed by atoms with Crippen LogP contribution in [0.2, 0.25) is 0 Å². The van der Waals surface area contributed by atoms with Crippen LogP contribution in [0.3, 0.4) is 0 Å². The maximum absolute atomic E-state index is 12.6. The van der Waals surface area contributed by atoms with Crippen LogP contribution >= 0.6 is 11.3 Å². The molecule has 1 amide bonds.